The van der Waals surface area contributed by atoms with Gasteiger partial charge in [-0.15, -0.1) is 0 Å². The number of benzene rings is 1. The maximum absolute atomic E-state index is 12.3. The monoisotopic (exact) mass is 399 g/mol. The SMILES string of the molecule is COc1cc([N+](=O)[O-])ccc1-c1ccc(C=C2C(=O)OC3(CCCC3)OC2=O)o1. The number of furan rings is 1. The van der Waals surface area contributed by atoms with Crippen molar-refractivity contribution in [3.8, 4) is 17.1 Å². The summed E-state index contributed by atoms with van der Waals surface area (Å²) in [4.78, 5) is 35.1. The van der Waals surface area contributed by atoms with E-state index in [1.54, 1.807) is 12.1 Å². The zero-order valence-corrected chi connectivity index (χ0v) is 15.5. The molecule has 2 fully saturated rings. The number of ether oxygens (including phenoxy) is 3. The second-order valence-electron chi connectivity index (χ2n) is 6.80. The molecule has 9 heteroatoms. The molecule has 4 rings (SSSR count). The van der Waals surface area contributed by atoms with Crippen LogP contribution in [-0.2, 0) is 19.1 Å². The van der Waals surface area contributed by atoms with Crippen LogP contribution >= 0.6 is 0 Å². The molecule has 1 spiro atoms. The molecule has 2 aliphatic rings. The summed E-state index contributed by atoms with van der Waals surface area (Å²) in [6.45, 7) is 0. The highest BCUT2D eigenvalue weighted by Crippen LogP contribution is 2.39. The van der Waals surface area contributed by atoms with Crippen molar-refractivity contribution in [2.24, 2.45) is 0 Å². The van der Waals surface area contributed by atoms with Gasteiger partial charge >= 0.3 is 11.9 Å². The third kappa shape index (κ3) is 3.46. The molecule has 1 aliphatic heterocycles. The number of carbonyl (C=O) groups excluding carboxylic acids is 2. The fourth-order valence-electron chi connectivity index (χ4n) is 3.50. The van der Waals surface area contributed by atoms with Gasteiger partial charge in [0.25, 0.3) is 11.5 Å². The molecule has 1 aromatic heterocycles. The fraction of sp³-hybridized carbons (Fsp3) is 0.300. The van der Waals surface area contributed by atoms with Gasteiger partial charge < -0.3 is 18.6 Å². The summed E-state index contributed by atoms with van der Waals surface area (Å²) in [5, 5.41) is 10.9. The van der Waals surface area contributed by atoms with Crippen LogP contribution in [0.5, 0.6) is 5.75 Å². The predicted octanol–water partition coefficient (Wildman–Crippen LogP) is 3.62. The Kier molecular flexibility index (Phi) is 4.57. The van der Waals surface area contributed by atoms with Gasteiger partial charge in [-0.05, 0) is 31.0 Å². The van der Waals surface area contributed by atoms with E-state index in [1.165, 1.54) is 31.4 Å². The lowest BCUT2D eigenvalue weighted by molar-refractivity contribution is -0.384. The van der Waals surface area contributed by atoms with Gasteiger partial charge in [-0.3, -0.25) is 10.1 Å². The Morgan fingerprint density at radius 2 is 1.79 bits per heavy atom. The molecule has 1 aromatic carbocycles. The van der Waals surface area contributed by atoms with Gasteiger partial charge in [-0.2, -0.15) is 0 Å². The number of methoxy groups -OCH3 is 1. The summed E-state index contributed by atoms with van der Waals surface area (Å²) in [6.07, 6.45) is 3.93. The molecular weight excluding hydrogens is 382 g/mol. The minimum Gasteiger partial charge on any atom is -0.496 e. The molecule has 1 saturated heterocycles. The van der Waals surface area contributed by atoms with Crippen LogP contribution in [0.25, 0.3) is 17.4 Å². The number of carbonyl (C=O) groups is 2. The minimum absolute atomic E-state index is 0.118. The van der Waals surface area contributed by atoms with E-state index >= 15 is 0 Å². The smallest absolute Gasteiger partial charge is 0.349 e. The van der Waals surface area contributed by atoms with Crippen molar-refractivity contribution in [1.29, 1.82) is 0 Å². The van der Waals surface area contributed by atoms with E-state index in [-0.39, 0.29) is 22.8 Å². The quantitative estimate of drug-likeness (QED) is 0.251. The summed E-state index contributed by atoms with van der Waals surface area (Å²) < 4.78 is 21.7. The van der Waals surface area contributed by atoms with E-state index < -0.39 is 22.6 Å². The Morgan fingerprint density at radius 1 is 1.10 bits per heavy atom. The molecule has 1 aliphatic carbocycles. The molecule has 150 valence electrons. The Balaban J connectivity index is 1.61. The van der Waals surface area contributed by atoms with Crippen LogP contribution in [0, 0.1) is 10.1 Å². The zero-order chi connectivity index (χ0) is 20.6. The van der Waals surface area contributed by atoms with Crippen molar-refractivity contribution in [2.75, 3.05) is 7.11 Å². The predicted molar refractivity (Wildman–Crippen MR) is 98.7 cm³/mol. The van der Waals surface area contributed by atoms with Crippen molar-refractivity contribution in [1.82, 2.24) is 0 Å². The maximum Gasteiger partial charge on any atom is 0.349 e. The molecule has 0 radical (unpaired) electrons. The van der Waals surface area contributed by atoms with E-state index in [1.807, 2.05) is 0 Å². The van der Waals surface area contributed by atoms with E-state index in [2.05, 4.69) is 0 Å². The van der Waals surface area contributed by atoms with Crippen molar-refractivity contribution >= 4 is 23.7 Å². The highest BCUT2D eigenvalue weighted by atomic mass is 16.7. The lowest BCUT2D eigenvalue weighted by Gasteiger charge is -2.32. The molecule has 0 bridgehead atoms. The minimum atomic E-state index is -1.13. The first-order valence-corrected chi connectivity index (χ1v) is 9.02. The van der Waals surface area contributed by atoms with Crippen LogP contribution in [-0.4, -0.2) is 29.8 Å². The number of esters is 2. The first-order valence-electron chi connectivity index (χ1n) is 9.02. The first-order chi connectivity index (χ1) is 13.9. The van der Waals surface area contributed by atoms with Crippen molar-refractivity contribution in [3.63, 3.8) is 0 Å². The third-order valence-corrected chi connectivity index (χ3v) is 4.94. The topological polar surface area (TPSA) is 118 Å². The van der Waals surface area contributed by atoms with Gasteiger partial charge in [0, 0.05) is 25.0 Å². The second kappa shape index (κ2) is 7.08. The molecule has 9 nitrogen and oxygen atoms in total. The number of rotatable bonds is 4. The maximum atomic E-state index is 12.3. The van der Waals surface area contributed by atoms with Crippen molar-refractivity contribution in [2.45, 2.75) is 31.5 Å². The van der Waals surface area contributed by atoms with Crippen molar-refractivity contribution < 1.29 is 33.1 Å². The van der Waals surface area contributed by atoms with Gasteiger partial charge in [-0.25, -0.2) is 9.59 Å². The van der Waals surface area contributed by atoms with Gasteiger partial charge in [-0.1, -0.05) is 0 Å². The molecule has 2 heterocycles. The highest BCUT2D eigenvalue weighted by molar-refractivity contribution is 6.18. The summed E-state index contributed by atoms with van der Waals surface area (Å²) >= 11 is 0. The molecule has 2 aromatic rings. The third-order valence-electron chi connectivity index (χ3n) is 4.94. The number of hydrogen-bond acceptors (Lipinski definition) is 8. The van der Waals surface area contributed by atoms with Crippen LogP contribution in [0.1, 0.15) is 31.4 Å². The molecule has 0 amide bonds. The van der Waals surface area contributed by atoms with Gasteiger partial charge in [0.1, 0.15) is 22.8 Å². The van der Waals surface area contributed by atoms with E-state index in [4.69, 9.17) is 18.6 Å². The van der Waals surface area contributed by atoms with Crippen LogP contribution in [0.15, 0.2) is 40.3 Å². The first kappa shape index (κ1) is 18.7. The Hall–Kier alpha value is -3.62. The summed E-state index contributed by atoms with van der Waals surface area (Å²) in [6, 6.07) is 7.28. The highest BCUT2D eigenvalue weighted by Gasteiger charge is 2.48. The largest absolute Gasteiger partial charge is 0.496 e. The normalized spacial score (nSPS) is 17.8. The molecule has 29 heavy (non-hydrogen) atoms. The average Bonchev–Trinajstić information content (AvgIpc) is 3.34. The van der Waals surface area contributed by atoms with Gasteiger partial charge in [0.05, 0.1) is 23.7 Å². The number of nitro benzene ring substituents is 1. The molecule has 0 N–H and O–H groups in total. The molecule has 1 saturated carbocycles. The number of hydrogen-bond donors (Lipinski definition) is 0. The number of non-ortho nitro benzene ring substituents is 1. The number of nitro groups is 1. The average molecular weight is 399 g/mol. The van der Waals surface area contributed by atoms with E-state index in [0.717, 1.165) is 12.8 Å². The lowest BCUT2D eigenvalue weighted by atomic mass is 10.1. The zero-order valence-electron chi connectivity index (χ0n) is 15.5. The Morgan fingerprint density at radius 3 is 2.41 bits per heavy atom. The van der Waals surface area contributed by atoms with Crippen LogP contribution in [0.2, 0.25) is 0 Å². The second-order valence-corrected chi connectivity index (χ2v) is 6.80. The Bertz CT molecular complexity index is 1010. The summed E-state index contributed by atoms with van der Waals surface area (Å²) in [5.74, 6) is -1.78. The lowest BCUT2D eigenvalue weighted by Crippen LogP contribution is -2.44. The standard InChI is InChI=1S/C20H17NO8/c1-26-17-10-12(21(24)25)4-6-14(17)16-7-5-13(27-16)11-15-18(22)28-20(29-19(15)23)8-2-3-9-20/h4-7,10-11H,2-3,8-9H2,1H3. The molecule has 0 unspecified atom stereocenters. The van der Waals surface area contributed by atoms with Gasteiger partial charge in [0.15, 0.2) is 0 Å². The van der Waals surface area contributed by atoms with E-state index in [9.17, 15) is 19.7 Å². The van der Waals surface area contributed by atoms with Crippen LogP contribution < -0.4 is 4.74 Å². The molecular formula is C20H17NO8. The fourth-order valence-corrected chi connectivity index (χ4v) is 3.50. The van der Waals surface area contributed by atoms with Crippen molar-refractivity contribution in [3.05, 3.63) is 51.8 Å². The summed E-state index contributed by atoms with van der Waals surface area (Å²) in [7, 11) is 1.39. The molecule has 0 atom stereocenters. The summed E-state index contributed by atoms with van der Waals surface area (Å²) in [5.41, 5.74) is 0.119. The van der Waals surface area contributed by atoms with Crippen LogP contribution in [0.3, 0.4) is 0 Å². The van der Waals surface area contributed by atoms with Crippen LogP contribution in [0.4, 0.5) is 5.69 Å². The van der Waals surface area contributed by atoms with Gasteiger partial charge in [0.2, 0.25) is 0 Å². The Labute approximate surface area is 165 Å². The number of nitrogens with zero attached hydrogens (tertiary/aromatic N) is 1. The van der Waals surface area contributed by atoms with E-state index in [0.29, 0.717) is 24.2 Å².